The fourth-order valence-corrected chi connectivity index (χ4v) is 4.27. The largest absolute Gasteiger partial charge is 0.337 e. The molecular formula is C16H31N3OS. The molecule has 0 radical (unpaired) electrons. The highest BCUT2D eigenvalue weighted by Crippen LogP contribution is 2.30. The van der Waals surface area contributed by atoms with Crippen molar-refractivity contribution in [1.29, 1.82) is 0 Å². The van der Waals surface area contributed by atoms with Crippen molar-refractivity contribution in [2.75, 3.05) is 39.0 Å². The highest BCUT2D eigenvalue weighted by molar-refractivity contribution is 8.00. The zero-order valence-corrected chi connectivity index (χ0v) is 14.8. The third-order valence-corrected chi connectivity index (χ3v) is 5.72. The van der Waals surface area contributed by atoms with Crippen LogP contribution in [0.5, 0.6) is 0 Å². The molecule has 0 spiro atoms. The summed E-state index contributed by atoms with van der Waals surface area (Å²) < 4.78 is 0.273. The van der Waals surface area contributed by atoms with E-state index in [2.05, 4.69) is 42.9 Å². The number of piperidine rings is 2. The molecule has 0 saturated carbocycles. The number of likely N-dealkylation sites (tertiary alicyclic amines) is 2. The van der Waals surface area contributed by atoms with Crippen molar-refractivity contribution in [3.63, 3.8) is 0 Å². The van der Waals surface area contributed by atoms with E-state index in [0.29, 0.717) is 12.0 Å². The molecule has 0 aromatic carbocycles. The molecule has 0 unspecified atom stereocenters. The second kappa shape index (κ2) is 7.23. The van der Waals surface area contributed by atoms with Gasteiger partial charge in [0.25, 0.3) is 0 Å². The molecule has 2 rings (SSSR count). The smallest absolute Gasteiger partial charge is 0.317 e. The van der Waals surface area contributed by atoms with E-state index in [0.717, 1.165) is 44.8 Å². The van der Waals surface area contributed by atoms with Gasteiger partial charge in [-0.3, -0.25) is 0 Å². The Labute approximate surface area is 134 Å². The van der Waals surface area contributed by atoms with Gasteiger partial charge in [-0.25, -0.2) is 4.79 Å². The van der Waals surface area contributed by atoms with Crippen LogP contribution < -0.4 is 5.32 Å². The molecule has 2 aliphatic heterocycles. The van der Waals surface area contributed by atoms with E-state index in [1.165, 1.54) is 6.42 Å². The van der Waals surface area contributed by atoms with Crippen molar-refractivity contribution >= 4 is 17.8 Å². The molecule has 2 aliphatic rings. The van der Waals surface area contributed by atoms with Crippen LogP contribution in [0.25, 0.3) is 0 Å². The van der Waals surface area contributed by atoms with Gasteiger partial charge in [-0.15, -0.1) is 0 Å². The summed E-state index contributed by atoms with van der Waals surface area (Å²) in [5.74, 6) is 1.66. The van der Waals surface area contributed by atoms with E-state index >= 15 is 0 Å². The molecule has 1 N–H and O–H groups in total. The van der Waals surface area contributed by atoms with Crippen LogP contribution in [-0.4, -0.2) is 65.6 Å². The fraction of sp³-hybridized carbons (Fsp3) is 0.938. The van der Waals surface area contributed by atoms with Gasteiger partial charge in [-0.1, -0.05) is 20.8 Å². The fourth-order valence-electron chi connectivity index (χ4n) is 3.45. The summed E-state index contributed by atoms with van der Waals surface area (Å²) in [7, 11) is 2.19. The maximum absolute atomic E-state index is 12.5. The van der Waals surface area contributed by atoms with Gasteiger partial charge in [0.1, 0.15) is 0 Å². The molecule has 2 amide bonds. The molecular weight excluding hydrogens is 282 g/mol. The van der Waals surface area contributed by atoms with Crippen molar-refractivity contribution in [2.45, 2.75) is 50.8 Å². The molecule has 2 fully saturated rings. The quantitative estimate of drug-likeness (QED) is 0.814. The maximum Gasteiger partial charge on any atom is 0.317 e. The monoisotopic (exact) mass is 313 g/mol. The van der Waals surface area contributed by atoms with Crippen LogP contribution in [0.2, 0.25) is 0 Å². The van der Waals surface area contributed by atoms with Crippen molar-refractivity contribution in [3.05, 3.63) is 0 Å². The maximum atomic E-state index is 12.5. The van der Waals surface area contributed by atoms with E-state index in [1.54, 1.807) is 0 Å². The number of carbonyl (C=O) groups excluding carboxylic acids is 1. The molecule has 4 nitrogen and oxygen atoms in total. The predicted octanol–water partition coefficient (Wildman–Crippen LogP) is 2.64. The first-order valence-corrected chi connectivity index (χ1v) is 9.22. The first kappa shape index (κ1) is 16.9. The van der Waals surface area contributed by atoms with Gasteiger partial charge >= 0.3 is 6.03 Å². The number of amides is 2. The van der Waals surface area contributed by atoms with Gasteiger partial charge in [0.2, 0.25) is 0 Å². The Kier molecular flexibility index (Phi) is 5.83. The number of rotatable bonds is 3. The number of hydrogen-bond donors (Lipinski definition) is 1. The summed E-state index contributed by atoms with van der Waals surface area (Å²) in [4.78, 5) is 17.0. The lowest BCUT2D eigenvalue weighted by atomic mass is 9.84. The molecule has 21 heavy (non-hydrogen) atoms. The molecule has 0 aromatic heterocycles. The highest BCUT2D eigenvalue weighted by Gasteiger charge is 2.37. The Balaban J connectivity index is 1.78. The minimum atomic E-state index is 0.156. The van der Waals surface area contributed by atoms with Gasteiger partial charge in [0.15, 0.2) is 0 Å². The minimum absolute atomic E-state index is 0.156. The van der Waals surface area contributed by atoms with Crippen molar-refractivity contribution in [3.8, 4) is 0 Å². The van der Waals surface area contributed by atoms with Crippen LogP contribution in [0.3, 0.4) is 0 Å². The summed E-state index contributed by atoms with van der Waals surface area (Å²) in [6.07, 6.45) is 3.56. The third-order valence-electron chi connectivity index (χ3n) is 4.45. The Morgan fingerprint density at radius 1 is 1.29 bits per heavy atom. The summed E-state index contributed by atoms with van der Waals surface area (Å²) in [6.45, 7) is 10.6. The zero-order chi connectivity index (χ0) is 15.5. The number of thioether (sulfide) groups is 1. The van der Waals surface area contributed by atoms with Gasteiger partial charge in [0.05, 0.1) is 0 Å². The molecule has 2 atom stereocenters. The molecule has 122 valence electrons. The van der Waals surface area contributed by atoms with Crippen LogP contribution in [0.1, 0.15) is 40.0 Å². The number of hydrogen-bond acceptors (Lipinski definition) is 3. The van der Waals surface area contributed by atoms with E-state index < -0.39 is 0 Å². The van der Waals surface area contributed by atoms with Crippen LogP contribution in [-0.2, 0) is 0 Å². The lowest BCUT2D eigenvalue weighted by molar-refractivity contribution is 0.0536. The van der Waals surface area contributed by atoms with Crippen molar-refractivity contribution in [2.24, 2.45) is 5.92 Å². The zero-order valence-electron chi connectivity index (χ0n) is 14.0. The number of urea groups is 1. The predicted molar refractivity (Wildman–Crippen MR) is 90.9 cm³/mol. The summed E-state index contributed by atoms with van der Waals surface area (Å²) in [5.41, 5.74) is 0. The second-order valence-electron chi connectivity index (χ2n) is 7.41. The lowest BCUT2D eigenvalue weighted by Gasteiger charge is -2.46. The number of fused-ring (bicyclic) bond motifs is 1. The van der Waals surface area contributed by atoms with Crippen LogP contribution in [0.15, 0.2) is 0 Å². The summed E-state index contributed by atoms with van der Waals surface area (Å²) in [6, 6.07) is 0.619. The van der Waals surface area contributed by atoms with E-state index in [9.17, 15) is 4.79 Å². The highest BCUT2D eigenvalue weighted by atomic mass is 32.2. The van der Waals surface area contributed by atoms with Crippen molar-refractivity contribution in [1.82, 2.24) is 15.1 Å². The first-order valence-electron chi connectivity index (χ1n) is 8.24. The van der Waals surface area contributed by atoms with Gasteiger partial charge in [0, 0.05) is 36.2 Å². The Bertz CT molecular complexity index is 356. The van der Waals surface area contributed by atoms with E-state index in [4.69, 9.17) is 0 Å². The van der Waals surface area contributed by atoms with Gasteiger partial charge < -0.3 is 15.1 Å². The Hall–Kier alpha value is -0.420. The van der Waals surface area contributed by atoms with Gasteiger partial charge in [-0.05, 0) is 38.8 Å². The second-order valence-corrected chi connectivity index (χ2v) is 9.33. The van der Waals surface area contributed by atoms with Gasteiger partial charge in [-0.2, -0.15) is 11.8 Å². The average molecular weight is 314 g/mol. The normalized spacial score (nSPS) is 27.3. The number of nitrogens with zero attached hydrogens (tertiary/aromatic N) is 2. The summed E-state index contributed by atoms with van der Waals surface area (Å²) in [5, 5.41) is 3.12. The van der Waals surface area contributed by atoms with E-state index in [-0.39, 0.29) is 10.8 Å². The standard InChI is InChI=1S/C16H31N3OS/c1-16(2,3)21-11-8-17-15(20)19-9-5-6-13-12-18(4)10-7-14(13)19/h13-14H,5-12H2,1-4H3,(H,17,20)/t13-,14+/m0/s1. The van der Waals surface area contributed by atoms with Crippen LogP contribution in [0.4, 0.5) is 4.79 Å². The number of nitrogens with one attached hydrogen (secondary N) is 1. The minimum Gasteiger partial charge on any atom is -0.337 e. The van der Waals surface area contributed by atoms with Crippen LogP contribution >= 0.6 is 11.8 Å². The third kappa shape index (κ3) is 5.06. The summed E-state index contributed by atoms with van der Waals surface area (Å²) >= 11 is 1.91. The topological polar surface area (TPSA) is 35.6 Å². The molecule has 0 aromatic rings. The molecule has 2 saturated heterocycles. The average Bonchev–Trinajstić information content (AvgIpc) is 2.41. The van der Waals surface area contributed by atoms with E-state index in [1.807, 2.05) is 11.8 Å². The lowest BCUT2D eigenvalue weighted by Crippen LogP contribution is -2.57. The SMILES string of the molecule is CN1CC[C@@H]2[C@@H](CCCN2C(=O)NCCSC(C)(C)C)C1. The number of carbonyl (C=O) groups is 1. The molecule has 0 aliphatic carbocycles. The first-order chi connectivity index (χ1) is 9.87. The molecule has 5 heteroatoms. The Morgan fingerprint density at radius 2 is 2.05 bits per heavy atom. The molecule has 0 bridgehead atoms. The van der Waals surface area contributed by atoms with Crippen LogP contribution in [0, 0.1) is 5.92 Å². The Morgan fingerprint density at radius 3 is 2.76 bits per heavy atom. The van der Waals surface area contributed by atoms with Crippen molar-refractivity contribution < 1.29 is 4.79 Å². The molecule has 2 heterocycles.